The molecule has 0 saturated heterocycles. The first-order chi connectivity index (χ1) is 8.72. The van der Waals surface area contributed by atoms with Crippen molar-refractivity contribution in [3.8, 4) is 5.75 Å². The number of benzene rings is 1. The van der Waals surface area contributed by atoms with E-state index >= 15 is 0 Å². The second-order valence-corrected chi connectivity index (χ2v) is 7.97. The third-order valence-corrected chi connectivity index (χ3v) is 5.25. The van der Waals surface area contributed by atoms with Gasteiger partial charge in [0.25, 0.3) is 0 Å². The maximum absolute atomic E-state index is 9.49. The molecule has 0 aromatic heterocycles. The van der Waals surface area contributed by atoms with E-state index in [-0.39, 0.29) is 10.8 Å². The van der Waals surface area contributed by atoms with E-state index in [2.05, 4.69) is 20.8 Å². The van der Waals surface area contributed by atoms with Crippen LogP contribution in [0.15, 0.2) is 11.0 Å². The van der Waals surface area contributed by atoms with Gasteiger partial charge in [0.2, 0.25) is 0 Å². The first-order valence-corrected chi connectivity index (χ1v) is 8.33. The van der Waals surface area contributed by atoms with Crippen molar-refractivity contribution >= 4 is 46.6 Å². The van der Waals surface area contributed by atoms with Crippen LogP contribution in [-0.4, -0.2) is 10.9 Å². The lowest BCUT2D eigenvalue weighted by Gasteiger charge is -2.17. The Hall–Kier alpha value is 0.240. The van der Waals surface area contributed by atoms with Gasteiger partial charge >= 0.3 is 0 Å². The Morgan fingerprint density at radius 1 is 1.11 bits per heavy atom. The van der Waals surface area contributed by atoms with Gasteiger partial charge < -0.3 is 5.11 Å². The molecule has 108 valence electrons. The highest BCUT2D eigenvalue weighted by molar-refractivity contribution is 7.99. The van der Waals surface area contributed by atoms with Gasteiger partial charge in [-0.25, -0.2) is 0 Å². The lowest BCUT2D eigenvalue weighted by Crippen LogP contribution is -2.04. The van der Waals surface area contributed by atoms with Crippen LogP contribution in [0.3, 0.4) is 0 Å². The van der Waals surface area contributed by atoms with Crippen LogP contribution in [0, 0.1) is 5.41 Å². The van der Waals surface area contributed by atoms with E-state index in [0.29, 0.717) is 15.5 Å². The average molecular weight is 342 g/mol. The molecule has 0 fully saturated rings. The van der Waals surface area contributed by atoms with E-state index in [1.807, 2.05) is 0 Å². The highest BCUT2D eigenvalue weighted by atomic mass is 35.5. The highest BCUT2D eigenvalue weighted by Gasteiger charge is 2.15. The molecule has 1 rings (SSSR count). The summed E-state index contributed by atoms with van der Waals surface area (Å²) in [5, 5.41) is 10.5. The fourth-order valence-electron chi connectivity index (χ4n) is 1.63. The van der Waals surface area contributed by atoms with Crippen LogP contribution in [0.2, 0.25) is 15.1 Å². The quantitative estimate of drug-likeness (QED) is 0.367. The molecule has 1 nitrogen and oxygen atoms in total. The minimum Gasteiger partial charge on any atom is -0.506 e. The Morgan fingerprint density at radius 3 is 2.32 bits per heavy atom. The first kappa shape index (κ1) is 17.3. The summed E-state index contributed by atoms with van der Waals surface area (Å²) in [4.78, 5) is 0.752. The first-order valence-electron chi connectivity index (χ1n) is 6.21. The zero-order chi connectivity index (χ0) is 14.6. The Labute approximate surface area is 134 Å². The molecule has 0 bridgehead atoms. The number of unbranched alkanes of at least 4 members (excludes halogenated alkanes) is 1. The molecule has 0 heterocycles. The predicted octanol–water partition coefficient (Wildman–Crippen LogP) is 6.66. The molecular formula is C14H19Cl3OS. The van der Waals surface area contributed by atoms with E-state index < -0.39 is 0 Å². The maximum atomic E-state index is 9.49. The molecule has 0 radical (unpaired) electrons. The van der Waals surface area contributed by atoms with Gasteiger partial charge in [0.15, 0.2) is 0 Å². The van der Waals surface area contributed by atoms with Crippen molar-refractivity contribution in [2.45, 2.75) is 44.9 Å². The van der Waals surface area contributed by atoms with Crippen molar-refractivity contribution in [2.75, 3.05) is 5.75 Å². The van der Waals surface area contributed by atoms with Crippen LogP contribution in [0.5, 0.6) is 5.75 Å². The smallest absolute Gasteiger partial charge is 0.137 e. The van der Waals surface area contributed by atoms with Crippen LogP contribution < -0.4 is 0 Å². The zero-order valence-electron chi connectivity index (χ0n) is 11.4. The van der Waals surface area contributed by atoms with Crippen molar-refractivity contribution in [1.82, 2.24) is 0 Å². The molecule has 1 aromatic carbocycles. The van der Waals surface area contributed by atoms with Gasteiger partial charge in [-0.05, 0) is 24.0 Å². The number of aromatic hydroxyl groups is 1. The Kier molecular flexibility index (Phi) is 6.65. The SMILES string of the molecule is CC(C)(C)CCCCSc1c(Cl)cc(O)c(Cl)c1Cl. The number of phenolic OH excluding ortho intramolecular Hbond substituents is 1. The summed E-state index contributed by atoms with van der Waals surface area (Å²) in [7, 11) is 0. The molecular weight excluding hydrogens is 323 g/mol. The predicted molar refractivity (Wildman–Crippen MR) is 87.2 cm³/mol. The van der Waals surface area contributed by atoms with E-state index in [4.69, 9.17) is 34.8 Å². The normalized spacial score (nSPS) is 11.9. The van der Waals surface area contributed by atoms with Crippen molar-refractivity contribution in [2.24, 2.45) is 5.41 Å². The number of thioether (sulfide) groups is 1. The fourth-order valence-corrected chi connectivity index (χ4v) is 3.59. The number of hydrogen-bond donors (Lipinski definition) is 1. The van der Waals surface area contributed by atoms with Crippen LogP contribution in [0.4, 0.5) is 0 Å². The highest BCUT2D eigenvalue weighted by Crippen LogP contribution is 2.43. The second kappa shape index (κ2) is 7.31. The Bertz CT molecular complexity index is 441. The summed E-state index contributed by atoms with van der Waals surface area (Å²) < 4.78 is 0. The average Bonchev–Trinajstić information content (AvgIpc) is 2.28. The lowest BCUT2D eigenvalue weighted by atomic mass is 9.90. The second-order valence-electron chi connectivity index (χ2n) is 5.70. The standard InChI is InChI=1S/C14H19Cl3OS/c1-14(2,3)6-4-5-7-19-13-9(15)8-10(18)11(16)12(13)17/h8,18H,4-7H2,1-3H3. The number of rotatable bonds is 5. The van der Waals surface area contributed by atoms with Crippen LogP contribution in [-0.2, 0) is 0 Å². The molecule has 0 atom stereocenters. The van der Waals surface area contributed by atoms with Gasteiger partial charge in [-0.1, -0.05) is 62.0 Å². The van der Waals surface area contributed by atoms with E-state index in [1.165, 1.54) is 18.9 Å². The summed E-state index contributed by atoms with van der Waals surface area (Å²) in [6.45, 7) is 6.73. The molecule has 0 aliphatic carbocycles. The molecule has 0 amide bonds. The number of phenols is 1. The Morgan fingerprint density at radius 2 is 1.74 bits per heavy atom. The van der Waals surface area contributed by atoms with Gasteiger partial charge in [0.1, 0.15) is 10.8 Å². The van der Waals surface area contributed by atoms with E-state index in [1.54, 1.807) is 11.8 Å². The third-order valence-electron chi connectivity index (χ3n) is 2.66. The molecule has 1 N–H and O–H groups in total. The largest absolute Gasteiger partial charge is 0.506 e. The molecule has 0 aliphatic rings. The van der Waals surface area contributed by atoms with Crippen LogP contribution in [0.25, 0.3) is 0 Å². The molecule has 19 heavy (non-hydrogen) atoms. The lowest BCUT2D eigenvalue weighted by molar-refractivity contribution is 0.364. The molecule has 0 saturated carbocycles. The molecule has 5 heteroatoms. The van der Waals surface area contributed by atoms with E-state index in [9.17, 15) is 5.11 Å². The van der Waals surface area contributed by atoms with Gasteiger partial charge in [-0.15, -0.1) is 11.8 Å². The summed E-state index contributed by atoms with van der Waals surface area (Å²) in [6.07, 6.45) is 3.48. The molecule has 1 aromatic rings. The third kappa shape index (κ3) is 5.63. The van der Waals surface area contributed by atoms with Crippen molar-refractivity contribution in [3.63, 3.8) is 0 Å². The molecule has 0 aliphatic heterocycles. The van der Waals surface area contributed by atoms with E-state index in [0.717, 1.165) is 17.1 Å². The summed E-state index contributed by atoms with van der Waals surface area (Å²) in [5.74, 6) is 0.866. The fraction of sp³-hybridized carbons (Fsp3) is 0.571. The summed E-state index contributed by atoms with van der Waals surface area (Å²) in [5.41, 5.74) is 0.377. The minimum absolute atomic E-state index is 0.0752. The van der Waals surface area contributed by atoms with Gasteiger partial charge in [-0.3, -0.25) is 0 Å². The van der Waals surface area contributed by atoms with Crippen molar-refractivity contribution in [1.29, 1.82) is 0 Å². The summed E-state index contributed by atoms with van der Waals surface area (Å²) in [6, 6.07) is 1.44. The zero-order valence-corrected chi connectivity index (χ0v) is 14.5. The minimum atomic E-state index is -0.0752. The maximum Gasteiger partial charge on any atom is 0.137 e. The van der Waals surface area contributed by atoms with Crippen LogP contribution in [0.1, 0.15) is 40.0 Å². The van der Waals surface area contributed by atoms with Crippen molar-refractivity contribution < 1.29 is 5.11 Å². The summed E-state index contributed by atoms with van der Waals surface area (Å²) >= 11 is 19.6. The van der Waals surface area contributed by atoms with Gasteiger partial charge in [-0.2, -0.15) is 0 Å². The Balaban J connectivity index is 2.53. The monoisotopic (exact) mass is 340 g/mol. The molecule has 0 spiro atoms. The number of hydrogen-bond acceptors (Lipinski definition) is 2. The van der Waals surface area contributed by atoms with Crippen LogP contribution >= 0.6 is 46.6 Å². The van der Waals surface area contributed by atoms with Gasteiger partial charge in [0, 0.05) is 11.0 Å². The van der Waals surface area contributed by atoms with Gasteiger partial charge in [0.05, 0.1) is 10.0 Å². The topological polar surface area (TPSA) is 20.2 Å². The van der Waals surface area contributed by atoms with Crippen molar-refractivity contribution in [3.05, 3.63) is 21.1 Å². The number of halogens is 3. The molecule has 0 unspecified atom stereocenters.